The van der Waals surface area contributed by atoms with Gasteiger partial charge in [0.05, 0.1) is 11.3 Å². The van der Waals surface area contributed by atoms with E-state index in [1.807, 2.05) is 13.1 Å². The monoisotopic (exact) mass is 358 g/mol. The van der Waals surface area contributed by atoms with E-state index in [0.717, 1.165) is 17.7 Å². The maximum absolute atomic E-state index is 12.0. The Morgan fingerprint density at radius 3 is 2.69 bits per heavy atom. The summed E-state index contributed by atoms with van der Waals surface area (Å²) < 4.78 is 7.60. The van der Waals surface area contributed by atoms with E-state index in [4.69, 9.17) is 9.84 Å². The number of ether oxygens (including phenoxy) is 1. The van der Waals surface area contributed by atoms with Crippen LogP contribution >= 0.6 is 0 Å². The summed E-state index contributed by atoms with van der Waals surface area (Å²) in [6, 6.07) is 8.09. The van der Waals surface area contributed by atoms with Gasteiger partial charge in [-0.3, -0.25) is 4.68 Å². The molecule has 2 aromatic rings. The summed E-state index contributed by atoms with van der Waals surface area (Å²) in [7, 11) is 1.88. The molecule has 8 nitrogen and oxygen atoms in total. The van der Waals surface area contributed by atoms with Crippen LogP contribution in [0.4, 0.5) is 4.79 Å². The SMILES string of the molecule is Cn1nccc1[C@@H]1OCC[C@H]1CNC(=O)NCc1ccc(C(=O)O)cc1. The Hall–Kier alpha value is -2.87. The number of carboxylic acids is 1. The topological polar surface area (TPSA) is 105 Å². The van der Waals surface area contributed by atoms with Crippen LogP contribution < -0.4 is 10.6 Å². The van der Waals surface area contributed by atoms with Gasteiger partial charge in [0.2, 0.25) is 0 Å². The van der Waals surface area contributed by atoms with Gasteiger partial charge in [-0.1, -0.05) is 12.1 Å². The first-order chi connectivity index (χ1) is 12.5. The van der Waals surface area contributed by atoms with E-state index in [-0.39, 0.29) is 23.6 Å². The highest BCUT2D eigenvalue weighted by Gasteiger charge is 2.31. The molecule has 1 fully saturated rings. The molecule has 3 N–H and O–H groups in total. The molecular formula is C18H22N4O4. The summed E-state index contributed by atoms with van der Waals surface area (Å²) in [5, 5.41) is 18.7. The van der Waals surface area contributed by atoms with E-state index in [1.165, 1.54) is 12.1 Å². The molecular weight excluding hydrogens is 336 g/mol. The van der Waals surface area contributed by atoms with Crippen LogP contribution in [0.2, 0.25) is 0 Å². The maximum atomic E-state index is 12.0. The second-order valence-electron chi connectivity index (χ2n) is 6.29. The second kappa shape index (κ2) is 8.01. The summed E-state index contributed by atoms with van der Waals surface area (Å²) in [6.45, 7) is 1.51. The van der Waals surface area contributed by atoms with Crippen LogP contribution in [0.3, 0.4) is 0 Å². The normalized spacial score (nSPS) is 19.3. The molecule has 1 saturated heterocycles. The molecule has 0 radical (unpaired) electrons. The van der Waals surface area contributed by atoms with Gasteiger partial charge in [-0.25, -0.2) is 9.59 Å². The number of nitrogens with one attached hydrogen (secondary N) is 2. The number of carbonyl (C=O) groups excluding carboxylic acids is 1. The highest BCUT2D eigenvalue weighted by molar-refractivity contribution is 5.87. The van der Waals surface area contributed by atoms with Gasteiger partial charge in [0.15, 0.2) is 0 Å². The summed E-state index contributed by atoms with van der Waals surface area (Å²) in [5.74, 6) is -0.769. The molecule has 2 heterocycles. The molecule has 1 aliphatic rings. The molecule has 3 rings (SSSR count). The molecule has 0 spiro atoms. The average molecular weight is 358 g/mol. The third-order valence-electron chi connectivity index (χ3n) is 4.54. The molecule has 1 aliphatic heterocycles. The number of rotatable bonds is 6. The van der Waals surface area contributed by atoms with E-state index in [9.17, 15) is 9.59 Å². The molecule has 138 valence electrons. The van der Waals surface area contributed by atoms with Crippen LogP contribution in [0.25, 0.3) is 0 Å². The van der Waals surface area contributed by atoms with Crippen LogP contribution in [-0.2, 0) is 18.3 Å². The molecule has 2 atom stereocenters. The minimum atomic E-state index is -0.969. The van der Waals surface area contributed by atoms with E-state index in [2.05, 4.69) is 15.7 Å². The van der Waals surface area contributed by atoms with Gasteiger partial charge in [-0.2, -0.15) is 5.10 Å². The van der Waals surface area contributed by atoms with Crippen molar-refractivity contribution >= 4 is 12.0 Å². The number of urea groups is 1. The van der Waals surface area contributed by atoms with Crippen molar-refractivity contribution < 1.29 is 19.4 Å². The molecule has 1 aromatic carbocycles. The highest BCUT2D eigenvalue weighted by atomic mass is 16.5. The molecule has 26 heavy (non-hydrogen) atoms. The minimum absolute atomic E-state index is 0.0636. The van der Waals surface area contributed by atoms with E-state index >= 15 is 0 Å². The lowest BCUT2D eigenvalue weighted by molar-refractivity contribution is 0.0696. The summed E-state index contributed by atoms with van der Waals surface area (Å²) in [4.78, 5) is 22.9. The van der Waals surface area contributed by atoms with Crippen molar-refractivity contribution in [3.05, 3.63) is 53.3 Å². The fourth-order valence-corrected chi connectivity index (χ4v) is 3.07. The summed E-state index contributed by atoms with van der Waals surface area (Å²) in [5.41, 5.74) is 2.07. The Labute approximate surface area is 151 Å². The minimum Gasteiger partial charge on any atom is -0.478 e. The number of aryl methyl sites for hydroxylation is 1. The zero-order chi connectivity index (χ0) is 18.5. The lowest BCUT2D eigenvalue weighted by Crippen LogP contribution is -2.38. The average Bonchev–Trinajstić information content (AvgIpc) is 3.26. The number of hydrogen-bond donors (Lipinski definition) is 3. The maximum Gasteiger partial charge on any atom is 0.335 e. The molecule has 0 bridgehead atoms. The van der Waals surface area contributed by atoms with Crippen LogP contribution in [0.1, 0.15) is 34.1 Å². The Bertz CT molecular complexity index is 772. The number of aromatic nitrogens is 2. The molecule has 0 aliphatic carbocycles. The van der Waals surface area contributed by atoms with Crippen molar-refractivity contribution in [1.29, 1.82) is 0 Å². The first-order valence-electron chi connectivity index (χ1n) is 8.48. The quantitative estimate of drug-likeness (QED) is 0.729. The number of amides is 2. The first-order valence-corrected chi connectivity index (χ1v) is 8.48. The summed E-state index contributed by atoms with van der Waals surface area (Å²) >= 11 is 0. The molecule has 8 heteroatoms. The number of carbonyl (C=O) groups is 2. The van der Waals surface area contributed by atoms with Crippen LogP contribution in [0, 0.1) is 5.92 Å². The third kappa shape index (κ3) is 4.20. The smallest absolute Gasteiger partial charge is 0.335 e. The van der Waals surface area contributed by atoms with E-state index in [1.54, 1.807) is 23.0 Å². The van der Waals surface area contributed by atoms with Gasteiger partial charge in [0, 0.05) is 38.9 Å². The number of carboxylic acid groups (broad SMARTS) is 1. The fourth-order valence-electron chi connectivity index (χ4n) is 3.07. The first kappa shape index (κ1) is 17.9. The van der Waals surface area contributed by atoms with Gasteiger partial charge in [-0.05, 0) is 30.2 Å². The van der Waals surface area contributed by atoms with Crippen LogP contribution in [0.15, 0.2) is 36.5 Å². The van der Waals surface area contributed by atoms with Crippen molar-refractivity contribution in [1.82, 2.24) is 20.4 Å². The predicted octanol–water partition coefficient (Wildman–Crippen LogP) is 1.70. The predicted molar refractivity (Wildman–Crippen MR) is 93.6 cm³/mol. The Morgan fingerprint density at radius 2 is 2.04 bits per heavy atom. The number of hydrogen-bond acceptors (Lipinski definition) is 4. The Morgan fingerprint density at radius 1 is 1.27 bits per heavy atom. The highest BCUT2D eigenvalue weighted by Crippen LogP contribution is 2.33. The zero-order valence-electron chi connectivity index (χ0n) is 14.5. The molecule has 2 amide bonds. The lowest BCUT2D eigenvalue weighted by Gasteiger charge is -2.19. The number of aromatic carboxylic acids is 1. The van der Waals surface area contributed by atoms with E-state index < -0.39 is 5.97 Å². The second-order valence-corrected chi connectivity index (χ2v) is 6.29. The standard InChI is InChI=1S/C18H22N4O4/c1-22-15(6-8-21-22)16-14(7-9-26-16)11-20-18(25)19-10-12-2-4-13(5-3-12)17(23)24/h2-6,8,14,16H,7,9-11H2,1H3,(H,23,24)(H2,19,20,25)/t14-,16+/m0/s1. The molecule has 1 aromatic heterocycles. The van der Waals surface area contributed by atoms with Gasteiger partial charge in [-0.15, -0.1) is 0 Å². The van der Waals surface area contributed by atoms with Crippen molar-refractivity contribution in [2.45, 2.75) is 19.1 Å². The Balaban J connectivity index is 1.46. The van der Waals surface area contributed by atoms with Gasteiger partial charge in [0.1, 0.15) is 6.10 Å². The summed E-state index contributed by atoms with van der Waals surface area (Å²) in [6.07, 6.45) is 2.56. The zero-order valence-corrected chi connectivity index (χ0v) is 14.5. The van der Waals surface area contributed by atoms with E-state index in [0.29, 0.717) is 19.7 Å². The van der Waals surface area contributed by atoms with Crippen molar-refractivity contribution in [2.24, 2.45) is 13.0 Å². The van der Waals surface area contributed by atoms with Crippen molar-refractivity contribution in [3.63, 3.8) is 0 Å². The number of benzene rings is 1. The largest absolute Gasteiger partial charge is 0.478 e. The van der Waals surface area contributed by atoms with Gasteiger partial charge in [0.25, 0.3) is 0 Å². The third-order valence-corrected chi connectivity index (χ3v) is 4.54. The Kier molecular flexibility index (Phi) is 5.52. The number of nitrogens with zero attached hydrogens (tertiary/aromatic N) is 2. The fraction of sp³-hybridized carbons (Fsp3) is 0.389. The van der Waals surface area contributed by atoms with Crippen LogP contribution in [0.5, 0.6) is 0 Å². The van der Waals surface area contributed by atoms with Gasteiger partial charge >= 0.3 is 12.0 Å². The van der Waals surface area contributed by atoms with Crippen molar-refractivity contribution in [2.75, 3.05) is 13.2 Å². The molecule has 0 unspecified atom stereocenters. The molecule has 0 saturated carbocycles. The van der Waals surface area contributed by atoms with Crippen LogP contribution in [-0.4, -0.2) is 40.0 Å². The van der Waals surface area contributed by atoms with Gasteiger partial charge < -0.3 is 20.5 Å². The lowest BCUT2D eigenvalue weighted by atomic mass is 9.99. The van der Waals surface area contributed by atoms with Crippen molar-refractivity contribution in [3.8, 4) is 0 Å².